The van der Waals surface area contributed by atoms with Crippen LogP contribution in [0, 0.1) is 0 Å². The van der Waals surface area contributed by atoms with E-state index in [0.717, 1.165) is 43.7 Å². The van der Waals surface area contributed by atoms with E-state index in [2.05, 4.69) is 28.0 Å². The minimum Gasteiger partial charge on any atom is -0.299 e. The molecule has 0 saturated carbocycles. The van der Waals surface area contributed by atoms with Gasteiger partial charge in [0, 0.05) is 38.3 Å². The molecule has 102 valence electrons. The van der Waals surface area contributed by atoms with E-state index in [0.29, 0.717) is 0 Å². The predicted octanol–water partition coefficient (Wildman–Crippen LogP) is 2.02. The number of carbonyl (C=O) groups excluding carboxylic acids is 1. The molecule has 2 bridgehead atoms. The van der Waals surface area contributed by atoms with Crippen molar-refractivity contribution in [3.05, 3.63) is 48.0 Å². The van der Waals surface area contributed by atoms with Crippen molar-refractivity contribution in [2.24, 2.45) is 0 Å². The number of hydrogen-bond acceptors (Lipinski definition) is 3. The highest BCUT2D eigenvalue weighted by molar-refractivity contribution is 6.03. The number of benzene rings is 2. The monoisotopic (exact) mass is 266 g/mol. The molecule has 0 aliphatic carbocycles. The van der Waals surface area contributed by atoms with Crippen molar-refractivity contribution >= 4 is 16.6 Å². The number of rotatable bonds is 2. The van der Waals surface area contributed by atoms with E-state index in [1.54, 1.807) is 0 Å². The molecule has 0 aromatic heterocycles. The minimum absolute atomic E-state index is 0.0543. The topological polar surface area (TPSA) is 23.6 Å². The zero-order chi connectivity index (χ0) is 13.5. The summed E-state index contributed by atoms with van der Waals surface area (Å²) in [5, 5.41) is 2.34. The lowest BCUT2D eigenvalue weighted by Crippen LogP contribution is -2.63. The molecule has 2 aromatic rings. The lowest BCUT2D eigenvalue weighted by molar-refractivity contribution is 0.0159. The Hall–Kier alpha value is -1.71. The highest BCUT2D eigenvalue weighted by atomic mass is 16.1. The molecule has 20 heavy (non-hydrogen) atoms. The SMILES string of the molecule is O=C(c1ccc2ccccc2c1)C1CN2CCN1CC2. The first-order valence-corrected chi connectivity index (χ1v) is 7.31. The molecular formula is C17H18N2O. The first-order chi connectivity index (χ1) is 9.81. The molecule has 3 aliphatic rings. The molecule has 0 N–H and O–H groups in total. The summed E-state index contributed by atoms with van der Waals surface area (Å²) in [4.78, 5) is 17.5. The Balaban J connectivity index is 1.66. The summed E-state index contributed by atoms with van der Waals surface area (Å²) in [5.74, 6) is 0.278. The smallest absolute Gasteiger partial charge is 0.181 e. The van der Waals surface area contributed by atoms with Crippen LogP contribution < -0.4 is 0 Å². The standard InChI is InChI=1S/C17H18N2O/c20-17(16-12-18-7-9-19(16)10-8-18)15-6-5-13-3-1-2-4-14(13)11-15/h1-6,11,16H,7-10,12H2. The van der Waals surface area contributed by atoms with Crippen LogP contribution in [0.4, 0.5) is 0 Å². The van der Waals surface area contributed by atoms with E-state index >= 15 is 0 Å². The van der Waals surface area contributed by atoms with Crippen LogP contribution in [0.1, 0.15) is 10.4 Å². The highest BCUT2D eigenvalue weighted by Gasteiger charge is 2.36. The van der Waals surface area contributed by atoms with Gasteiger partial charge >= 0.3 is 0 Å². The van der Waals surface area contributed by atoms with Crippen molar-refractivity contribution in [2.45, 2.75) is 6.04 Å². The summed E-state index contributed by atoms with van der Waals surface area (Å²) in [6.45, 7) is 5.18. The van der Waals surface area contributed by atoms with Crippen LogP contribution >= 0.6 is 0 Å². The Labute approximate surface area is 118 Å². The van der Waals surface area contributed by atoms with E-state index in [4.69, 9.17) is 0 Å². The lowest BCUT2D eigenvalue weighted by Gasteiger charge is -2.46. The first kappa shape index (κ1) is 12.1. The second-order valence-electron chi connectivity index (χ2n) is 5.78. The maximum Gasteiger partial charge on any atom is 0.181 e. The first-order valence-electron chi connectivity index (χ1n) is 7.31. The molecule has 0 radical (unpaired) electrons. The van der Waals surface area contributed by atoms with Crippen LogP contribution in [0.15, 0.2) is 42.5 Å². The van der Waals surface area contributed by atoms with E-state index in [1.165, 1.54) is 5.39 Å². The third-order valence-electron chi connectivity index (χ3n) is 4.62. The molecule has 3 nitrogen and oxygen atoms in total. The van der Waals surface area contributed by atoms with Crippen molar-refractivity contribution in [1.82, 2.24) is 9.80 Å². The van der Waals surface area contributed by atoms with Gasteiger partial charge in [-0.2, -0.15) is 0 Å². The molecule has 1 atom stereocenters. The summed E-state index contributed by atoms with van der Waals surface area (Å²) >= 11 is 0. The molecule has 0 amide bonds. The second-order valence-corrected chi connectivity index (χ2v) is 5.78. The number of hydrogen-bond donors (Lipinski definition) is 0. The highest BCUT2D eigenvalue weighted by Crippen LogP contribution is 2.22. The summed E-state index contributed by atoms with van der Waals surface area (Å²) < 4.78 is 0. The molecule has 3 heterocycles. The molecule has 3 saturated heterocycles. The van der Waals surface area contributed by atoms with E-state index in [-0.39, 0.29) is 11.8 Å². The van der Waals surface area contributed by atoms with Gasteiger partial charge in [0.25, 0.3) is 0 Å². The Morgan fingerprint density at radius 3 is 2.40 bits per heavy atom. The number of Topliss-reactive ketones (excluding diaryl/α,β-unsaturated/α-hetero) is 1. The van der Waals surface area contributed by atoms with Crippen molar-refractivity contribution in [1.29, 1.82) is 0 Å². The summed E-state index contributed by atoms with van der Waals surface area (Å²) in [6.07, 6.45) is 0. The van der Waals surface area contributed by atoms with Gasteiger partial charge in [-0.15, -0.1) is 0 Å². The van der Waals surface area contributed by atoms with Crippen molar-refractivity contribution < 1.29 is 4.79 Å². The minimum atomic E-state index is 0.0543. The molecule has 5 rings (SSSR count). The predicted molar refractivity (Wildman–Crippen MR) is 80.1 cm³/mol. The van der Waals surface area contributed by atoms with Crippen molar-refractivity contribution in [2.75, 3.05) is 32.7 Å². The zero-order valence-electron chi connectivity index (χ0n) is 11.5. The van der Waals surface area contributed by atoms with Gasteiger partial charge in [-0.25, -0.2) is 0 Å². The van der Waals surface area contributed by atoms with Gasteiger partial charge in [-0.1, -0.05) is 36.4 Å². The summed E-state index contributed by atoms with van der Waals surface area (Å²) in [7, 11) is 0. The Kier molecular flexibility index (Phi) is 2.83. The van der Waals surface area contributed by atoms with Crippen molar-refractivity contribution in [3.63, 3.8) is 0 Å². The Morgan fingerprint density at radius 1 is 0.950 bits per heavy atom. The molecular weight excluding hydrogens is 248 g/mol. The van der Waals surface area contributed by atoms with Crippen molar-refractivity contribution in [3.8, 4) is 0 Å². The van der Waals surface area contributed by atoms with Crippen LogP contribution in [-0.2, 0) is 0 Å². The van der Waals surface area contributed by atoms with Gasteiger partial charge < -0.3 is 0 Å². The molecule has 0 spiro atoms. The molecule has 3 fully saturated rings. The normalized spacial score (nSPS) is 28.7. The third-order valence-corrected chi connectivity index (χ3v) is 4.62. The van der Waals surface area contributed by atoms with Crippen LogP contribution in [0.25, 0.3) is 10.8 Å². The van der Waals surface area contributed by atoms with Gasteiger partial charge in [0.15, 0.2) is 5.78 Å². The van der Waals surface area contributed by atoms with E-state index < -0.39 is 0 Å². The van der Waals surface area contributed by atoms with Gasteiger partial charge in [-0.3, -0.25) is 14.6 Å². The number of ketones is 1. The molecule has 3 aliphatic heterocycles. The number of nitrogens with zero attached hydrogens (tertiary/aromatic N) is 2. The van der Waals surface area contributed by atoms with Crippen LogP contribution in [0.2, 0.25) is 0 Å². The Morgan fingerprint density at radius 2 is 1.70 bits per heavy atom. The summed E-state index contributed by atoms with van der Waals surface area (Å²) in [5.41, 5.74) is 0.849. The van der Waals surface area contributed by atoms with Gasteiger partial charge in [-0.05, 0) is 16.8 Å². The summed E-state index contributed by atoms with van der Waals surface area (Å²) in [6, 6.07) is 14.3. The number of carbonyl (C=O) groups is 1. The van der Waals surface area contributed by atoms with Crippen LogP contribution in [0.5, 0.6) is 0 Å². The molecule has 2 aromatic carbocycles. The Bertz CT molecular complexity index is 659. The third kappa shape index (κ3) is 1.94. The van der Waals surface area contributed by atoms with E-state index in [1.807, 2.05) is 24.3 Å². The fraction of sp³-hybridized carbons (Fsp3) is 0.353. The average Bonchev–Trinajstić information content (AvgIpc) is 2.54. The van der Waals surface area contributed by atoms with Gasteiger partial charge in [0.2, 0.25) is 0 Å². The lowest BCUT2D eigenvalue weighted by atomic mass is 9.96. The quantitative estimate of drug-likeness (QED) is 0.777. The second kappa shape index (κ2) is 4.69. The molecule has 3 heteroatoms. The zero-order valence-corrected chi connectivity index (χ0v) is 11.5. The fourth-order valence-corrected chi connectivity index (χ4v) is 3.40. The van der Waals surface area contributed by atoms with E-state index in [9.17, 15) is 4.79 Å². The number of piperazine rings is 3. The maximum atomic E-state index is 12.8. The van der Waals surface area contributed by atoms with Crippen LogP contribution in [0.3, 0.4) is 0 Å². The van der Waals surface area contributed by atoms with Gasteiger partial charge in [0.05, 0.1) is 6.04 Å². The maximum absolute atomic E-state index is 12.8. The van der Waals surface area contributed by atoms with Gasteiger partial charge in [0.1, 0.15) is 0 Å². The average molecular weight is 266 g/mol. The molecule has 1 unspecified atom stereocenters. The fourth-order valence-electron chi connectivity index (χ4n) is 3.40. The number of fused-ring (bicyclic) bond motifs is 4. The largest absolute Gasteiger partial charge is 0.299 e. The van der Waals surface area contributed by atoms with Crippen LogP contribution in [-0.4, -0.2) is 54.3 Å².